The molecule has 7 heteroatoms. The predicted molar refractivity (Wildman–Crippen MR) is 71.3 cm³/mol. The summed E-state index contributed by atoms with van der Waals surface area (Å²) < 4.78 is 45.5. The van der Waals surface area contributed by atoms with Crippen molar-refractivity contribution in [3.05, 3.63) is 29.1 Å². The summed E-state index contributed by atoms with van der Waals surface area (Å²) in [6, 6.07) is 2.49. The van der Waals surface area contributed by atoms with Crippen molar-refractivity contribution in [2.45, 2.75) is 24.8 Å². The molecule has 1 N–H and O–H groups in total. The zero-order chi connectivity index (χ0) is 14.8. The highest BCUT2D eigenvalue weighted by Crippen LogP contribution is 2.24. The van der Waals surface area contributed by atoms with Gasteiger partial charge in [-0.3, -0.25) is 0 Å². The van der Waals surface area contributed by atoms with E-state index >= 15 is 0 Å². The number of aliphatic hydroxyl groups is 1. The van der Waals surface area contributed by atoms with Gasteiger partial charge in [-0.05, 0) is 31.0 Å². The molecule has 0 spiro atoms. The van der Waals surface area contributed by atoms with Gasteiger partial charge in [0.1, 0.15) is 5.82 Å². The van der Waals surface area contributed by atoms with E-state index in [-0.39, 0.29) is 22.6 Å². The van der Waals surface area contributed by atoms with Crippen LogP contribution in [0.5, 0.6) is 0 Å². The van der Waals surface area contributed by atoms with Gasteiger partial charge < -0.3 is 9.84 Å². The summed E-state index contributed by atoms with van der Waals surface area (Å²) in [6.45, 7) is 2.50. The van der Waals surface area contributed by atoms with Crippen LogP contribution in [0.25, 0.3) is 0 Å². The van der Waals surface area contributed by atoms with Gasteiger partial charge in [-0.2, -0.15) is 4.31 Å². The van der Waals surface area contributed by atoms with Crippen LogP contribution in [-0.4, -0.2) is 44.1 Å². The van der Waals surface area contributed by atoms with Crippen molar-refractivity contribution in [2.75, 3.05) is 26.3 Å². The molecular formula is C13H18FNO4S. The second kappa shape index (κ2) is 6.17. The molecule has 20 heavy (non-hydrogen) atoms. The molecule has 2 rings (SSSR count). The van der Waals surface area contributed by atoms with Crippen molar-refractivity contribution >= 4 is 10.0 Å². The maximum atomic E-state index is 13.8. The molecule has 1 aromatic rings. The van der Waals surface area contributed by atoms with Crippen LogP contribution in [0.1, 0.15) is 17.5 Å². The van der Waals surface area contributed by atoms with E-state index in [0.717, 1.165) is 6.07 Å². The number of nitrogens with zero attached hydrogens (tertiary/aromatic N) is 1. The molecule has 1 aliphatic rings. The molecule has 1 heterocycles. The number of aliphatic hydroxyl groups excluding tert-OH is 1. The Morgan fingerprint density at radius 1 is 1.35 bits per heavy atom. The SMILES string of the molecule is Cc1c(F)cc(CO)cc1S(=O)(=O)N1CCCOCC1. The summed E-state index contributed by atoms with van der Waals surface area (Å²) in [5.41, 5.74) is 0.324. The van der Waals surface area contributed by atoms with Crippen LogP contribution in [0, 0.1) is 12.7 Å². The summed E-state index contributed by atoms with van der Waals surface area (Å²) in [5.74, 6) is -0.624. The van der Waals surface area contributed by atoms with Gasteiger partial charge in [0.05, 0.1) is 18.1 Å². The summed E-state index contributed by atoms with van der Waals surface area (Å²) in [6.07, 6.45) is 0.612. The van der Waals surface area contributed by atoms with Gasteiger partial charge >= 0.3 is 0 Å². The maximum Gasteiger partial charge on any atom is 0.243 e. The van der Waals surface area contributed by atoms with E-state index < -0.39 is 22.4 Å². The zero-order valence-electron chi connectivity index (χ0n) is 11.3. The van der Waals surface area contributed by atoms with E-state index in [1.54, 1.807) is 0 Å². The fourth-order valence-electron chi connectivity index (χ4n) is 2.17. The Balaban J connectivity index is 2.45. The van der Waals surface area contributed by atoms with Crippen molar-refractivity contribution < 1.29 is 22.7 Å². The third kappa shape index (κ3) is 3.01. The zero-order valence-corrected chi connectivity index (χ0v) is 12.1. The number of benzene rings is 1. The molecule has 112 valence electrons. The maximum absolute atomic E-state index is 13.8. The van der Waals surface area contributed by atoms with Crippen LogP contribution < -0.4 is 0 Å². The van der Waals surface area contributed by atoms with E-state index in [1.807, 2.05) is 0 Å². The smallest absolute Gasteiger partial charge is 0.243 e. The highest BCUT2D eigenvalue weighted by Gasteiger charge is 2.28. The first-order valence-corrected chi connectivity index (χ1v) is 7.88. The summed E-state index contributed by atoms with van der Waals surface area (Å²) in [4.78, 5) is -0.0801. The number of rotatable bonds is 3. The number of sulfonamides is 1. The third-order valence-electron chi connectivity index (χ3n) is 3.34. The van der Waals surface area contributed by atoms with Gasteiger partial charge in [0.2, 0.25) is 10.0 Å². The van der Waals surface area contributed by atoms with Crippen LogP contribution in [0.4, 0.5) is 4.39 Å². The minimum atomic E-state index is -3.77. The lowest BCUT2D eigenvalue weighted by atomic mass is 10.1. The average Bonchev–Trinajstić information content (AvgIpc) is 2.70. The first-order chi connectivity index (χ1) is 9.46. The van der Waals surface area contributed by atoms with Gasteiger partial charge in [0.15, 0.2) is 0 Å². The molecule has 5 nitrogen and oxygen atoms in total. The second-order valence-corrected chi connectivity index (χ2v) is 6.64. The molecule has 0 aromatic heterocycles. The summed E-state index contributed by atoms with van der Waals surface area (Å²) >= 11 is 0. The normalized spacial score (nSPS) is 17.9. The lowest BCUT2D eigenvalue weighted by Crippen LogP contribution is -2.33. The Labute approximate surface area is 118 Å². The fourth-order valence-corrected chi connectivity index (χ4v) is 3.92. The molecule has 0 unspecified atom stereocenters. The molecule has 0 saturated carbocycles. The van der Waals surface area contributed by atoms with Crippen molar-refractivity contribution in [1.29, 1.82) is 0 Å². The Bertz CT molecular complexity index is 580. The van der Waals surface area contributed by atoms with E-state index in [1.165, 1.54) is 17.3 Å². The van der Waals surface area contributed by atoms with Crippen molar-refractivity contribution in [3.8, 4) is 0 Å². The third-order valence-corrected chi connectivity index (χ3v) is 5.36. The quantitative estimate of drug-likeness (QED) is 0.906. The standard InChI is InChI=1S/C13H18FNO4S/c1-10-12(14)7-11(9-16)8-13(10)20(17,18)15-3-2-5-19-6-4-15/h7-8,16H,2-6,9H2,1H3. The van der Waals surface area contributed by atoms with Crippen LogP contribution in [0.2, 0.25) is 0 Å². The predicted octanol–water partition coefficient (Wildman–Crippen LogP) is 1.04. The Kier molecular flexibility index (Phi) is 4.74. The van der Waals surface area contributed by atoms with Gasteiger partial charge in [-0.15, -0.1) is 0 Å². The number of ether oxygens (including phenoxy) is 1. The Hall–Kier alpha value is -1.02. The van der Waals surface area contributed by atoms with E-state index in [4.69, 9.17) is 9.84 Å². The highest BCUT2D eigenvalue weighted by molar-refractivity contribution is 7.89. The first kappa shape index (κ1) is 15.4. The minimum absolute atomic E-state index is 0.0763. The van der Waals surface area contributed by atoms with Gasteiger partial charge in [-0.1, -0.05) is 0 Å². The topological polar surface area (TPSA) is 66.8 Å². The van der Waals surface area contributed by atoms with Gasteiger partial charge in [-0.25, -0.2) is 12.8 Å². The summed E-state index contributed by atoms with van der Waals surface area (Å²) in [7, 11) is -3.77. The van der Waals surface area contributed by atoms with E-state index in [2.05, 4.69) is 0 Å². The minimum Gasteiger partial charge on any atom is -0.392 e. The van der Waals surface area contributed by atoms with Crippen molar-refractivity contribution in [3.63, 3.8) is 0 Å². The molecule has 0 radical (unpaired) electrons. The number of halogens is 1. The van der Waals surface area contributed by atoms with Crippen LogP contribution in [0.3, 0.4) is 0 Å². The van der Waals surface area contributed by atoms with Crippen LogP contribution >= 0.6 is 0 Å². The van der Waals surface area contributed by atoms with Crippen LogP contribution in [-0.2, 0) is 21.4 Å². The number of hydrogen-bond acceptors (Lipinski definition) is 4. The van der Waals surface area contributed by atoms with Gasteiger partial charge in [0.25, 0.3) is 0 Å². The molecule has 0 amide bonds. The second-order valence-electron chi connectivity index (χ2n) is 4.73. The molecule has 1 fully saturated rings. The fraction of sp³-hybridized carbons (Fsp3) is 0.538. The molecular weight excluding hydrogens is 285 g/mol. The van der Waals surface area contributed by atoms with Crippen molar-refractivity contribution in [2.24, 2.45) is 0 Å². The van der Waals surface area contributed by atoms with E-state index in [0.29, 0.717) is 26.2 Å². The van der Waals surface area contributed by atoms with E-state index in [9.17, 15) is 12.8 Å². The monoisotopic (exact) mass is 303 g/mol. The average molecular weight is 303 g/mol. The molecule has 0 aliphatic carbocycles. The largest absolute Gasteiger partial charge is 0.392 e. The van der Waals surface area contributed by atoms with Crippen LogP contribution in [0.15, 0.2) is 17.0 Å². The molecule has 0 bridgehead atoms. The highest BCUT2D eigenvalue weighted by atomic mass is 32.2. The first-order valence-electron chi connectivity index (χ1n) is 6.44. The van der Waals surface area contributed by atoms with Crippen molar-refractivity contribution in [1.82, 2.24) is 4.31 Å². The summed E-state index contributed by atoms with van der Waals surface area (Å²) in [5, 5.41) is 9.10. The molecule has 0 atom stereocenters. The lowest BCUT2D eigenvalue weighted by molar-refractivity contribution is 0.148. The lowest BCUT2D eigenvalue weighted by Gasteiger charge is -2.21. The molecule has 1 aromatic carbocycles. The molecule has 1 aliphatic heterocycles. The molecule has 1 saturated heterocycles. The Morgan fingerprint density at radius 2 is 2.10 bits per heavy atom. The number of hydrogen-bond donors (Lipinski definition) is 1. The van der Waals surface area contributed by atoms with Gasteiger partial charge in [0, 0.05) is 25.3 Å². The Morgan fingerprint density at radius 3 is 2.80 bits per heavy atom.